The van der Waals surface area contributed by atoms with Gasteiger partial charge >= 0.3 is 12.0 Å². The lowest BCUT2D eigenvalue weighted by molar-refractivity contribution is -0.141. The van der Waals surface area contributed by atoms with E-state index in [0.717, 1.165) is 19.3 Å². The largest absolute Gasteiger partial charge is 0.480 e. The van der Waals surface area contributed by atoms with E-state index in [2.05, 4.69) is 17.6 Å². The summed E-state index contributed by atoms with van der Waals surface area (Å²) in [6.07, 6.45) is 6.92. The molecule has 0 bridgehead atoms. The maximum atomic E-state index is 12.1. The lowest BCUT2D eigenvalue weighted by Crippen LogP contribution is -2.54. The standard InChI is InChI=1S/C16H30N2O3/c1-5-12(11-9-7-6-8-10-11)17-15(21)18-13(14(19)20)16(2,3)4/h11-13H,5-10H2,1-4H3,(H,19,20)(H2,17,18,21)/t12?,13-/m1/s1. The van der Waals surface area contributed by atoms with E-state index in [1.165, 1.54) is 19.3 Å². The summed E-state index contributed by atoms with van der Waals surface area (Å²) in [4.78, 5) is 23.4. The molecule has 5 nitrogen and oxygen atoms in total. The Bertz CT molecular complexity index is 357. The number of rotatable bonds is 5. The monoisotopic (exact) mass is 298 g/mol. The number of hydrogen-bond donors (Lipinski definition) is 3. The zero-order valence-electron chi connectivity index (χ0n) is 13.7. The van der Waals surface area contributed by atoms with Crippen molar-refractivity contribution in [1.29, 1.82) is 0 Å². The third-order valence-electron chi connectivity index (χ3n) is 4.36. The van der Waals surface area contributed by atoms with Crippen LogP contribution in [0.5, 0.6) is 0 Å². The number of nitrogens with one attached hydrogen (secondary N) is 2. The molecular formula is C16H30N2O3. The van der Waals surface area contributed by atoms with Gasteiger partial charge in [0.15, 0.2) is 0 Å². The first-order valence-corrected chi connectivity index (χ1v) is 8.05. The summed E-state index contributed by atoms with van der Waals surface area (Å²) in [6, 6.07) is -1.11. The number of carboxylic acid groups (broad SMARTS) is 1. The van der Waals surface area contributed by atoms with Crippen LogP contribution in [-0.2, 0) is 4.79 Å². The molecule has 2 amide bonds. The van der Waals surface area contributed by atoms with Crippen molar-refractivity contribution >= 4 is 12.0 Å². The SMILES string of the molecule is CCC(NC(=O)N[C@H](C(=O)O)C(C)(C)C)C1CCCCC1. The number of amides is 2. The molecule has 0 aromatic rings. The van der Waals surface area contributed by atoms with E-state index in [4.69, 9.17) is 0 Å². The second-order valence-electron chi connectivity index (χ2n) is 7.17. The van der Waals surface area contributed by atoms with E-state index in [0.29, 0.717) is 5.92 Å². The van der Waals surface area contributed by atoms with Crippen molar-refractivity contribution < 1.29 is 14.7 Å². The quantitative estimate of drug-likeness (QED) is 0.729. The van der Waals surface area contributed by atoms with Crippen LogP contribution in [0.3, 0.4) is 0 Å². The van der Waals surface area contributed by atoms with Crippen LogP contribution in [0.2, 0.25) is 0 Å². The highest BCUT2D eigenvalue weighted by Crippen LogP contribution is 2.27. The van der Waals surface area contributed by atoms with E-state index in [1.807, 2.05) is 20.8 Å². The molecule has 0 saturated heterocycles. The first kappa shape index (κ1) is 17.8. The molecule has 0 spiro atoms. The highest BCUT2D eigenvalue weighted by Gasteiger charge is 2.33. The molecule has 0 heterocycles. The predicted octanol–water partition coefficient (Wildman–Crippen LogP) is 3.14. The lowest BCUT2D eigenvalue weighted by atomic mass is 9.83. The molecular weight excluding hydrogens is 268 g/mol. The topological polar surface area (TPSA) is 78.4 Å². The zero-order valence-corrected chi connectivity index (χ0v) is 13.7. The fourth-order valence-corrected chi connectivity index (χ4v) is 3.08. The Labute approximate surface area is 127 Å². The number of carboxylic acids is 1. The lowest BCUT2D eigenvalue weighted by Gasteiger charge is -2.32. The molecule has 5 heteroatoms. The Morgan fingerprint density at radius 3 is 2.14 bits per heavy atom. The molecule has 1 aliphatic rings. The first-order valence-electron chi connectivity index (χ1n) is 8.05. The number of carbonyl (C=O) groups is 2. The predicted molar refractivity (Wildman–Crippen MR) is 83.2 cm³/mol. The third-order valence-corrected chi connectivity index (χ3v) is 4.36. The van der Waals surface area contributed by atoms with Gasteiger partial charge in [-0.3, -0.25) is 0 Å². The van der Waals surface area contributed by atoms with E-state index in [-0.39, 0.29) is 12.1 Å². The van der Waals surface area contributed by atoms with E-state index < -0.39 is 17.4 Å². The maximum absolute atomic E-state index is 12.1. The van der Waals surface area contributed by atoms with E-state index in [9.17, 15) is 14.7 Å². The average molecular weight is 298 g/mol. The minimum atomic E-state index is -0.997. The molecule has 2 atom stereocenters. The van der Waals surface area contributed by atoms with Gasteiger partial charge in [-0.05, 0) is 30.6 Å². The van der Waals surface area contributed by atoms with Crippen LogP contribution >= 0.6 is 0 Å². The molecule has 1 rings (SSSR count). The van der Waals surface area contributed by atoms with Gasteiger partial charge in [0.25, 0.3) is 0 Å². The summed E-state index contributed by atoms with van der Waals surface area (Å²) in [5.74, 6) is -0.476. The van der Waals surface area contributed by atoms with Crippen molar-refractivity contribution in [2.75, 3.05) is 0 Å². The van der Waals surface area contributed by atoms with Crippen LogP contribution in [-0.4, -0.2) is 29.2 Å². The third kappa shape index (κ3) is 5.56. The van der Waals surface area contributed by atoms with Gasteiger partial charge in [0.1, 0.15) is 6.04 Å². The summed E-state index contributed by atoms with van der Waals surface area (Å²) in [5.41, 5.74) is -0.518. The van der Waals surface area contributed by atoms with Gasteiger partial charge in [-0.15, -0.1) is 0 Å². The second-order valence-corrected chi connectivity index (χ2v) is 7.17. The van der Waals surface area contributed by atoms with Gasteiger partial charge in [0.05, 0.1) is 0 Å². The van der Waals surface area contributed by atoms with Crippen LogP contribution in [0.15, 0.2) is 0 Å². The summed E-state index contributed by atoms with van der Waals surface area (Å²) in [6.45, 7) is 7.50. The Kier molecular flexibility index (Phi) is 6.49. The molecule has 3 N–H and O–H groups in total. The Hall–Kier alpha value is -1.26. The number of urea groups is 1. The molecule has 1 aliphatic carbocycles. The molecule has 1 saturated carbocycles. The average Bonchev–Trinajstić information content (AvgIpc) is 2.41. The van der Waals surface area contributed by atoms with E-state index in [1.54, 1.807) is 0 Å². The number of hydrogen-bond acceptors (Lipinski definition) is 2. The molecule has 122 valence electrons. The summed E-state index contributed by atoms with van der Waals surface area (Å²) in [5, 5.41) is 14.8. The molecule has 1 fully saturated rings. The molecule has 21 heavy (non-hydrogen) atoms. The van der Waals surface area contributed by atoms with Gasteiger partial charge in [0, 0.05) is 6.04 Å². The van der Waals surface area contributed by atoms with Crippen molar-refractivity contribution in [3.63, 3.8) is 0 Å². The van der Waals surface area contributed by atoms with Gasteiger partial charge in [-0.1, -0.05) is 47.0 Å². The van der Waals surface area contributed by atoms with Gasteiger partial charge in [-0.2, -0.15) is 0 Å². The highest BCUT2D eigenvalue weighted by molar-refractivity contribution is 5.83. The van der Waals surface area contributed by atoms with Crippen molar-refractivity contribution in [1.82, 2.24) is 10.6 Å². The smallest absolute Gasteiger partial charge is 0.326 e. The summed E-state index contributed by atoms with van der Waals surface area (Å²) < 4.78 is 0. The summed E-state index contributed by atoms with van der Waals surface area (Å²) >= 11 is 0. The molecule has 0 aromatic heterocycles. The molecule has 0 aromatic carbocycles. The fraction of sp³-hybridized carbons (Fsp3) is 0.875. The van der Waals surface area contributed by atoms with Crippen LogP contribution in [0.1, 0.15) is 66.2 Å². The number of carbonyl (C=O) groups excluding carboxylic acids is 1. The van der Waals surface area contributed by atoms with Crippen molar-refractivity contribution in [3.05, 3.63) is 0 Å². The van der Waals surface area contributed by atoms with Crippen LogP contribution in [0, 0.1) is 11.3 Å². The van der Waals surface area contributed by atoms with Crippen molar-refractivity contribution in [2.24, 2.45) is 11.3 Å². The minimum absolute atomic E-state index is 0.139. The first-order chi connectivity index (χ1) is 9.75. The molecule has 0 aliphatic heterocycles. The van der Waals surface area contributed by atoms with Gasteiger partial charge < -0.3 is 15.7 Å². The fourth-order valence-electron chi connectivity index (χ4n) is 3.08. The zero-order chi connectivity index (χ0) is 16.0. The van der Waals surface area contributed by atoms with Crippen molar-refractivity contribution in [3.8, 4) is 0 Å². The molecule has 0 radical (unpaired) electrons. The highest BCUT2D eigenvalue weighted by atomic mass is 16.4. The Morgan fingerprint density at radius 2 is 1.71 bits per heavy atom. The summed E-state index contributed by atoms with van der Waals surface area (Å²) in [7, 11) is 0. The van der Waals surface area contributed by atoms with Crippen LogP contribution in [0.4, 0.5) is 4.79 Å². The van der Waals surface area contributed by atoms with Crippen LogP contribution in [0.25, 0.3) is 0 Å². The van der Waals surface area contributed by atoms with Gasteiger partial charge in [0.2, 0.25) is 0 Å². The van der Waals surface area contributed by atoms with Gasteiger partial charge in [-0.25, -0.2) is 9.59 Å². The van der Waals surface area contributed by atoms with E-state index >= 15 is 0 Å². The number of aliphatic carboxylic acids is 1. The van der Waals surface area contributed by atoms with Crippen molar-refractivity contribution in [2.45, 2.75) is 78.3 Å². The normalized spacial score (nSPS) is 19.6. The molecule has 1 unspecified atom stereocenters. The Balaban J connectivity index is 2.59. The van der Waals surface area contributed by atoms with Crippen LogP contribution < -0.4 is 10.6 Å². The minimum Gasteiger partial charge on any atom is -0.480 e. The second kappa shape index (κ2) is 7.66. The Morgan fingerprint density at radius 1 is 1.14 bits per heavy atom. The maximum Gasteiger partial charge on any atom is 0.326 e.